The summed E-state index contributed by atoms with van der Waals surface area (Å²) in [5.74, 6) is -0.686. The molecule has 8 heteroatoms. The number of unbranched alkanes of at least 4 members (excludes halogenated alkanes) is 1. The first kappa shape index (κ1) is 21.0. The van der Waals surface area contributed by atoms with Crippen LogP contribution in [0.25, 0.3) is 0 Å². The first-order valence-electron chi connectivity index (χ1n) is 10.2. The lowest BCUT2D eigenvalue weighted by molar-refractivity contribution is 0.0450. The molecule has 1 saturated heterocycles. The van der Waals surface area contributed by atoms with Gasteiger partial charge in [-0.2, -0.15) is 0 Å². The SMILES string of the molecule is O=C1c2ccccc2S(=O)(=O)N1CCCCN1CCC(OCc2ccccc2F)C1. The molecule has 2 aromatic carbocycles. The Bertz CT molecular complexity index is 1030. The molecule has 1 unspecified atom stereocenters. The summed E-state index contributed by atoms with van der Waals surface area (Å²) in [4.78, 5) is 14.8. The van der Waals surface area contributed by atoms with Crippen molar-refractivity contribution in [3.05, 3.63) is 65.5 Å². The lowest BCUT2D eigenvalue weighted by atomic mass is 10.2. The second kappa shape index (κ2) is 8.83. The number of benzene rings is 2. The van der Waals surface area contributed by atoms with Gasteiger partial charge in [0.2, 0.25) is 0 Å². The molecule has 4 rings (SSSR count). The number of sulfonamides is 1. The lowest BCUT2D eigenvalue weighted by Gasteiger charge is -2.18. The smallest absolute Gasteiger partial charge is 0.269 e. The number of fused-ring (bicyclic) bond motifs is 1. The Hall–Kier alpha value is -2.29. The van der Waals surface area contributed by atoms with Gasteiger partial charge in [0.05, 0.1) is 18.3 Å². The van der Waals surface area contributed by atoms with E-state index >= 15 is 0 Å². The number of hydrogen-bond acceptors (Lipinski definition) is 5. The third-order valence-electron chi connectivity index (χ3n) is 5.66. The highest BCUT2D eigenvalue weighted by Crippen LogP contribution is 2.30. The van der Waals surface area contributed by atoms with Crippen molar-refractivity contribution in [2.75, 3.05) is 26.2 Å². The largest absolute Gasteiger partial charge is 0.372 e. The van der Waals surface area contributed by atoms with Crippen molar-refractivity contribution in [1.82, 2.24) is 9.21 Å². The average Bonchev–Trinajstić information content (AvgIpc) is 3.27. The number of halogens is 1. The summed E-state index contributed by atoms with van der Waals surface area (Å²) < 4.78 is 45.6. The van der Waals surface area contributed by atoms with Crippen molar-refractivity contribution in [2.45, 2.75) is 36.9 Å². The van der Waals surface area contributed by atoms with E-state index < -0.39 is 15.9 Å². The number of likely N-dealkylation sites (tertiary alicyclic amines) is 1. The maximum absolute atomic E-state index is 13.7. The van der Waals surface area contributed by atoms with Crippen molar-refractivity contribution >= 4 is 15.9 Å². The highest BCUT2D eigenvalue weighted by Gasteiger charge is 2.40. The van der Waals surface area contributed by atoms with Crippen LogP contribution in [0.2, 0.25) is 0 Å². The van der Waals surface area contributed by atoms with Gasteiger partial charge < -0.3 is 9.64 Å². The van der Waals surface area contributed by atoms with E-state index in [0.29, 0.717) is 12.0 Å². The predicted octanol–water partition coefficient (Wildman–Crippen LogP) is 3.04. The van der Waals surface area contributed by atoms with Crippen molar-refractivity contribution in [3.63, 3.8) is 0 Å². The van der Waals surface area contributed by atoms with Crippen LogP contribution in [0.1, 0.15) is 35.2 Å². The second-order valence-corrected chi connectivity index (χ2v) is 9.53. The molecule has 160 valence electrons. The first-order valence-corrected chi connectivity index (χ1v) is 11.6. The van der Waals surface area contributed by atoms with Crippen LogP contribution in [0.3, 0.4) is 0 Å². The Labute approximate surface area is 176 Å². The third kappa shape index (κ3) is 4.26. The van der Waals surface area contributed by atoms with Gasteiger partial charge in [0, 0.05) is 25.2 Å². The highest BCUT2D eigenvalue weighted by atomic mass is 32.2. The first-order chi connectivity index (χ1) is 14.5. The molecule has 1 atom stereocenters. The minimum Gasteiger partial charge on any atom is -0.372 e. The van der Waals surface area contributed by atoms with Crippen LogP contribution in [0, 0.1) is 5.82 Å². The molecule has 0 aliphatic carbocycles. The van der Waals surface area contributed by atoms with E-state index in [-0.39, 0.29) is 35.5 Å². The van der Waals surface area contributed by atoms with Gasteiger partial charge in [-0.3, -0.25) is 4.79 Å². The molecule has 2 aliphatic heterocycles. The molecule has 30 heavy (non-hydrogen) atoms. The quantitative estimate of drug-likeness (QED) is 0.600. The zero-order valence-electron chi connectivity index (χ0n) is 16.7. The topological polar surface area (TPSA) is 66.9 Å². The third-order valence-corrected chi connectivity index (χ3v) is 7.50. The predicted molar refractivity (Wildman–Crippen MR) is 110 cm³/mol. The van der Waals surface area contributed by atoms with Gasteiger partial charge in [-0.05, 0) is 44.0 Å². The normalized spacial score (nSPS) is 20.6. The van der Waals surface area contributed by atoms with E-state index in [1.54, 1.807) is 36.4 Å². The number of rotatable bonds is 8. The van der Waals surface area contributed by atoms with Gasteiger partial charge >= 0.3 is 0 Å². The Balaban J connectivity index is 1.20. The van der Waals surface area contributed by atoms with E-state index in [1.807, 2.05) is 0 Å². The summed E-state index contributed by atoms with van der Waals surface area (Å²) in [6.45, 7) is 2.95. The average molecular weight is 433 g/mol. The van der Waals surface area contributed by atoms with Crippen molar-refractivity contribution in [3.8, 4) is 0 Å². The lowest BCUT2D eigenvalue weighted by Crippen LogP contribution is -2.31. The molecule has 0 aromatic heterocycles. The molecule has 6 nitrogen and oxygen atoms in total. The van der Waals surface area contributed by atoms with Gasteiger partial charge in [0.1, 0.15) is 10.7 Å². The van der Waals surface area contributed by atoms with E-state index in [2.05, 4.69) is 4.90 Å². The molecule has 0 bridgehead atoms. The van der Waals surface area contributed by atoms with Gasteiger partial charge in [-0.15, -0.1) is 0 Å². The molecule has 0 N–H and O–H groups in total. The molecule has 2 heterocycles. The Morgan fingerprint density at radius 1 is 1.03 bits per heavy atom. The van der Waals surface area contributed by atoms with E-state index in [0.717, 1.165) is 36.8 Å². The fourth-order valence-electron chi connectivity index (χ4n) is 4.00. The van der Waals surface area contributed by atoms with E-state index in [4.69, 9.17) is 4.74 Å². The monoisotopic (exact) mass is 432 g/mol. The Morgan fingerprint density at radius 3 is 2.57 bits per heavy atom. The van der Waals surface area contributed by atoms with Crippen molar-refractivity contribution < 1.29 is 22.3 Å². The van der Waals surface area contributed by atoms with Crippen molar-refractivity contribution in [1.29, 1.82) is 0 Å². The number of hydrogen-bond donors (Lipinski definition) is 0. The van der Waals surface area contributed by atoms with Crippen LogP contribution in [0.15, 0.2) is 53.4 Å². The van der Waals surface area contributed by atoms with E-state index in [9.17, 15) is 17.6 Å². The molecular formula is C22H25FN2O4S. The Kier molecular flexibility index (Phi) is 6.17. The molecular weight excluding hydrogens is 407 g/mol. The van der Waals surface area contributed by atoms with Crippen LogP contribution in [0.4, 0.5) is 4.39 Å². The maximum atomic E-state index is 13.7. The highest BCUT2D eigenvalue weighted by molar-refractivity contribution is 7.90. The fourth-order valence-corrected chi connectivity index (χ4v) is 5.61. The maximum Gasteiger partial charge on any atom is 0.269 e. The van der Waals surface area contributed by atoms with Crippen LogP contribution < -0.4 is 0 Å². The summed E-state index contributed by atoms with van der Waals surface area (Å²) in [5.41, 5.74) is 0.820. The molecule has 0 radical (unpaired) electrons. The summed E-state index contributed by atoms with van der Waals surface area (Å²) in [6, 6.07) is 13.0. The van der Waals surface area contributed by atoms with E-state index in [1.165, 1.54) is 12.1 Å². The van der Waals surface area contributed by atoms with Crippen LogP contribution in [0.5, 0.6) is 0 Å². The molecule has 0 spiro atoms. The number of ether oxygens (including phenoxy) is 1. The van der Waals surface area contributed by atoms with Crippen LogP contribution in [-0.4, -0.2) is 55.8 Å². The van der Waals surface area contributed by atoms with Gasteiger partial charge in [-0.25, -0.2) is 17.1 Å². The summed E-state index contributed by atoms with van der Waals surface area (Å²) >= 11 is 0. The molecule has 1 fully saturated rings. The summed E-state index contributed by atoms with van der Waals surface area (Å²) in [7, 11) is -3.72. The summed E-state index contributed by atoms with van der Waals surface area (Å²) in [6.07, 6.45) is 2.36. The van der Waals surface area contributed by atoms with Crippen molar-refractivity contribution in [2.24, 2.45) is 0 Å². The zero-order valence-corrected chi connectivity index (χ0v) is 17.5. The number of carbonyl (C=O) groups excluding carboxylic acids is 1. The molecule has 1 amide bonds. The van der Waals surface area contributed by atoms with Gasteiger partial charge in [0.15, 0.2) is 0 Å². The van der Waals surface area contributed by atoms with Gasteiger partial charge in [-0.1, -0.05) is 30.3 Å². The van der Waals surface area contributed by atoms with Crippen LogP contribution in [-0.2, 0) is 21.4 Å². The Morgan fingerprint density at radius 2 is 1.77 bits per heavy atom. The zero-order chi connectivity index (χ0) is 21.1. The fraction of sp³-hybridized carbons (Fsp3) is 0.409. The minimum atomic E-state index is -3.72. The minimum absolute atomic E-state index is 0.0691. The molecule has 0 saturated carbocycles. The number of amides is 1. The van der Waals surface area contributed by atoms with Gasteiger partial charge in [0.25, 0.3) is 15.9 Å². The number of carbonyl (C=O) groups is 1. The summed E-state index contributed by atoms with van der Waals surface area (Å²) in [5, 5.41) is 0. The standard InChI is InChI=1S/C22H25FN2O4S/c23-20-9-3-1-7-17(20)16-29-18-11-14-24(15-18)12-5-6-13-25-22(26)19-8-2-4-10-21(19)30(25,27)28/h1-4,7-10,18H,5-6,11-16H2. The molecule has 2 aliphatic rings. The van der Waals surface area contributed by atoms with Crippen LogP contribution >= 0.6 is 0 Å². The number of nitrogens with zero attached hydrogens (tertiary/aromatic N) is 2. The molecule has 2 aromatic rings. The second-order valence-electron chi connectivity index (χ2n) is 7.70.